The fraction of sp³-hybridized carbons (Fsp3) is 0.312. The summed E-state index contributed by atoms with van der Waals surface area (Å²) in [5.74, 6) is -0.924. The van der Waals surface area contributed by atoms with E-state index in [-0.39, 0.29) is 0 Å². The van der Waals surface area contributed by atoms with Crippen LogP contribution in [0.5, 0.6) is 0 Å². The smallest absolute Gasteiger partial charge is 0.379 e. The van der Waals surface area contributed by atoms with E-state index in [1.54, 1.807) is 18.3 Å². The lowest BCUT2D eigenvalue weighted by Crippen LogP contribution is -2.15. The average molecular weight is 282 g/mol. The Morgan fingerprint density at radius 2 is 2.19 bits per heavy atom. The van der Waals surface area contributed by atoms with E-state index in [0.717, 1.165) is 12.1 Å². The molecule has 0 radical (unpaired) electrons. The maximum atomic E-state index is 12.1. The minimum Gasteiger partial charge on any atom is -0.463 e. The van der Waals surface area contributed by atoms with Gasteiger partial charge in [-0.1, -0.05) is 0 Å². The Bertz CT molecular complexity index is 779. The first-order chi connectivity index (χ1) is 10.1. The second-order valence-electron chi connectivity index (χ2n) is 5.30. The van der Waals surface area contributed by atoms with E-state index < -0.39 is 11.8 Å². The standard InChI is InChI=1S/C16H14N2O3/c1-21-16(20)15(19)13-9-18(8-10-2-3-10)14-5-4-11(7-17)6-12(13)14/h4-6,9-10H,2-3,8H2,1H3. The van der Waals surface area contributed by atoms with E-state index in [4.69, 9.17) is 5.26 Å². The lowest BCUT2D eigenvalue weighted by molar-refractivity contribution is -0.135. The van der Waals surface area contributed by atoms with Crippen LogP contribution in [0.15, 0.2) is 24.4 Å². The largest absolute Gasteiger partial charge is 0.463 e. The van der Waals surface area contributed by atoms with Gasteiger partial charge in [0.1, 0.15) is 0 Å². The molecular formula is C16H14N2O3. The molecule has 0 N–H and O–H groups in total. The lowest BCUT2D eigenvalue weighted by Gasteiger charge is -2.03. The molecule has 106 valence electrons. The molecule has 1 saturated carbocycles. The first-order valence-corrected chi connectivity index (χ1v) is 6.79. The summed E-state index contributed by atoms with van der Waals surface area (Å²) >= 11 is 0. The Morgan fingerprint density at radius 1 is 1.43 bits per heavy atom. The van der Waals surface area contributed by atoms with Gasteiger partial charge in [0.25, 0.3) is 5.78 Å². The summed E-state index contributed by atoms with van der Waals surface area (Å²) in [6, 6.07) is 7.25. The van der Waals surface area contributed by atoms with Gasteiger partial charge in [0.2, 0.25) is 0 Å². The van der Waals surface area contributed by atoms with Crippen LogP contribution in [0.1, 0.15) is 28.8 Å². The van der Waals surface area contributed by atoms with Crippen LogP contribution in [0.4, 0.5) is 0 Å². The van der Waals surface area contributed by atoms with Crippen LogP contribution >= 0.6 is 0 Å². The molecule has 1 aromatic carbocycles. The van der Waals surface area contributed by atoms with Gasteiger partial charge in [-0.15, -0.1) is 0 Å². The second-order valence-corrected chi connectivity index (χ2v) is 5.30. The molecular weight excluding hydrogens is 268 g/mol. The van der Waals surface area contributed by atoms with Crippen molar-refractivity contribution in [2.45, 2.75) is 19.4 Å². The number of ether oxygens (including phenoxy) is 1. The Kier molecular flexibility index (Phi) is 3.22. The number of methoxy groups -OCH3 is 1. The van der Waals surface area contributed by atoms with E-state index in [0.29, 0.717) is 22.4 Å². The van der Waals surface area contributed by atoms with Crippen molar-refractivity contribution in [3.63, 3.8) is 0 Å². The van der Waals surface area contributed by atoms with Crippen molar-refractivity contribution in [2.75, 3.05) is 7.11 Å². The highest BCUT2D eigenvalue weighted by Gasteiger charge is 2.26. The maximum absolute atomic E-state index is 12.1. The van der Waals surface area contributed by atoms with Gasteiger partial charge >= 0.3 is 5.97 Å². The molecule has 3 rings (SSSR count). The van der Waals surface area contributed by atoms with Gasteiger partial charge in [-0.2, -0.15) is 5.26 Å². The molecule has 0 bridgehead atoms. The number of hydrogen-bond donors (Lipinski definition) is 0. The van der Waals surface area contributed by atoms with Gasteiger partial charge in [-0.25, -0.2) is 4.79 Å². The van der Waals surface area contributed by atoms with Gasteiger partial charge in [0.15, 0.2) is 0 Å². The summed E-state index contributed by atoms with van der Waals surface area (Å²) in [6.07, 6.45) is 4.08. The summed E-state index contributed by atoms with van der Waals surface area (Å²) in [5, 5.41) is 9.64. The highest BCUT2D eigenvalue weighted by atomic mass is 16.5. The van der Waals surface area contributed by atoms with E-state index in [2.05, 4.69) is 10.8 Å². The fourth-order valence-corrected chi connectivity index (χ4v) is 2.48. The predicted molar refractivity (Wildman–Crippen MR) is 75.7 cm³/mol. The molecule has 0 atom stereocenters. The molecule has 0 unspecified atom stereocenters. The van der Waals surface area contributed by atoms with Crippen molar-refractivity contribution in [3.05, 3.63) is 35.5 Å². The van der Waals surface area contributed by atoms with Crippen molar-refractivity contribution in [2.24, 2.45) is 5.92 Å². The quantitative estimate of drug-likeness (QED) is 0.490. The molecule has 0 spiro atoms. The third-order valence-electron chi connectivity index (χ3n) is 3.78. The number of ketones is 1. The van der Waals surface area contributed by atoms with Gasteiger partial charge < -0.3 is 9.30 Å². The zero-order valence-corrected chi connectivity index (χ0v) is 11.6. The molecule has 2 aromatic rings. The van der Waals surface area contributed by atoms with Crippen molar-refractivity contribution >= 4 is 22.7 Å². The van der Waals surface area contributed by atoms with Crippen molar-refractivity contribution in [3.8, 4) is 6.07 Å². The number of benzene rings is 1. The summed E-state index contributed by atoms with van der Waals surface area (Å²) < 4.78 is 6.50. The molecule has 0 saturated heterocycles. The number of aromatic nitrogens is 1. The van der Waals surface area contributed by atoms with Crippen LogP contribution in [0, 0.1) is 17.2 Å². The number of carbonyl (C=O) groups is 2. The Balaban J connectivity index is 2.14. The fourth-order valence-electron chi connectivity index (χ4n) is 2.48. The summed E-state index contributed by atoms with van der Waals surface area (Å²) in [7, 11) is 1.18. The molecule has 1 aliphatic rings. The minimum atomic E-state index is -0.886. The number of nitrogens with zero attached hydrogens (tertiary/aromatic N) is 2. The monoisotopic (exact) mass is 282 g/mol. The summed E-state index contributed by atoms with van der Waals surface area (Å²) in [6.45, 7) is 0.830. The maximum Gasteiger partial charge on any atom is 0.379 e. The molecule has 0 amide bonds. The first-order valence-electron chi connectivity index (χ1n) is 6.79. The molecule has 1 aromatic heterocycles. The molecule has 21 heavy (non-hydrogen) atoms. The average Bonchev–Trinajstić information content (AvgIpc) is 3.26. The third kappa shape index (κ3) is 2.40. The van der Waals surface area contributed by atoms with Crippen LogP contribution in [0.2, 0.25) is 0 Å². The molecule has 1 fully saturated rings. The molecule has 1 heterocycles. The highest BCUT2D eigenvalue weighted by molar-refractivity contribution is 6.43. The number of rotatable bonds is 4. The van der Waals surface area contributed by atoms with Crippen LogP contribution in [0.25, 0.3) is 10.9 Å². The summed E-state index contributed by atoms with van der Waals surface area (Å²) in [5.41, 5.74) is 1.63. The Morgan fingerprint density at radius 3 is 2.81 bits per heavy atom. The van der Waals surface area contributed by atoms with Crippen LogP contribution in [-0.4, -0.2) is 23.4 Å². The van der Waals surface area contributed by atoms with Gasteiger partial charge in [-0.3, -0.25) is 4.79 Å². The van der Waals surface area contributed by atoms with Crippen LogP contribution in [0.3, 0.4) is 0 Å². The topological polar surface area (TPSA) is 72.1 Å². The van der Waals surface area contributed by atoms with Crippen LogP contribution < -0.4 is 0 Å². The van der Waals surface area contributed by atoms with Gasteiger partial charge in [0, 0.05) is 23.6 Å². The first kappa shape index (κ1) is 13.4. The number of nitriles is 1. The van der Waals surface area contributed by atoms with Gasteiger partial charge in [0.05, 0.1) is 24.3 Å². The SMILES string of the molecule is COC(=O)C(=O)c1cn(CC2CC2)c2ccc(C#N)cc12. The van der Waals surface area contributed by atoms with Crippen molar-refractivity contribution in [1.82, 2.24) is 4.57 Å². The summed E-state index contributed by atoms with van der Waals surface area (Å²) in [4.78, 5) is 23.6. The second kappa shape index (κ2) is 5.06. The lowest BCUT2D eigenvalue weighted by atomic mass is 10.1. The number of carbonyl (C=O) groups excluding carboxylic acids is 2. The van der Waals surface area contributed by atoms with Crippen molar-refractivity contribution in [1.29, 1.82) is 5.26 Å². The van der Waals surface area contributed by atoms with Crippen molar-refractivity contribution < 1.29 is 14.3 Å². The van der Waals surface area contributed by atoms with Crippen LogP contribution in [-0.2, 0) is 16.1 Å². The van der Waals surface area contributed by atoms with E-state index in [9.17, 15) is 9.59 Å². The number of esters is 1. The number of Topliss-reactive ketones (excluding diaryl/α,β-unsaturated/α-hetero) is 1. The van der Waals surface area contributed by atoms with Gasteiger partial charge in [-0.05, 0) is 37.0 Å². The van der Waals surface area contributed by atoms with E-state index in [1.807, 2.05) is 10.6 Å². The minimum absolute atomic E-state index is 0.301. The molecule has 5 heteroatoms. The highest BCUT2D eigenvalue weighted by Crippen LogP contribution is 2.33. The normalized spacial score (nSPS) is 13.9. The van der Waals surface area contributed by atoms with E-state index >= 15 is 0 Å². The third-order valence-corrected chi connectivity index (χ3v) is 3.78. The number of hydrogen-bond acceptors (Lipinski definition) is 4. The molecule has 5 nitrogen and oxygen atoms in total. The van der Waals surface area contributed by atoms with E-state index in [1.165, 1.54) is 20.0 Å². The predicted octanol–water partition coefficient (Wildman–Crippen LogP) is 2.28. The Hall–Kier alpha value is -2.61. The number of fused-ring (bicyclic) bond motifs is 1. The zero-order valence-electron chi connectivity index (χ0n) is 11.6. The molecule has 1 aliphatic carbocycles. The molecule has 0 aliphatic heterocycles. The Labute approximate surface area is 121 Å². The zero-order chi connectivity index (χ0) is 15.0.